The van der Waals surface area contributed by atoms with E-state index in [-0.39, 0.29) is 5.75 Å². The fraction of sp³-hybridized carbons (Fsp3) is 0.630. The highest BCUT2D eigenvalue weighted by atomic mass is 19.2. The second-order valence-corrected chi connectivity index (χ2v) is 9.60. The summed E-state index contributed by atoms with van der Waals surface area (Å²) in [6, 6.07) is 7.53. The van der Waals surface area contributed by atoms with Gasteiger partial charge < -0.3 is 4.74 Å². The van der Waals surface area contributed by atoms with Crippen molar-refractivity contribution in [3.63, 3.8) is 0 Å². The number of benzene rings is 2. The van der Waals surface area contributed by atoms with Crippen molar-refractivity contribution in [1.29, 1.82) is 0 Å². The predicted molar refractivity (Wildman–Crippen MR) is 120 cm³/mol. The van der Waals surface area contributed by atoms with Gasteiger partial charge in [0.15, 0.2) is 11.6 Å². The van der Waals surface area contributed by atoms with Crippen LogP contribution in [0.3, 0.4) is 0 Å². The third-order valence-corrected chi connectivity index (χ3v) is 7.81. The van der Waals surface area contributed by atoms with Gasteiger partial charge in [-0.1, -0.05) is 44.7 Å². The third kappa shape index (κ3) is 4.50. The van der Waals surface area contributed by atoms with Crippen LogP contribution in [0.1, 0.15) is 89.5 Å². The maximum Gasteiger partial charge on any atom is 0.201 e. The average molecular weight is 415 g/mol. The van der Waals surface area contributed by atoms with E-state index >= 15 is 0 Å². The molecule has 164 valence electrons. The molecule has 0 aliphatic heterocycles. The summed E-state index contributed by atoms with van der Waals surface area (Å²) in [5.74, 6) is 1.57. The zero-order valence-corrected chi connectivity index (χ0v) is 18.6. The molecule has 3 heteroatoms. The Hall–Kier alpha value is -1.64. The van der Waals surface area contributed by atoms with E-state index in [4.69, 9.17) is 4.74 Å². The SMILES string of the molecule is CCCC1CCC(C2CCC(c3ccc4cc(OCC)c(F)c(F)c4c3)CC2)CC1. The molecule has 1 nitrogen and oxygen atoms in total. The second kappa shape index (κ2) is 9.66. The van der Waals surface area contributed by atoms with Crippen LogP contribution in [0.4, 0.5) is 8.78 Å². The second-order valence-electron chi connectivity index (χ2n) is 9.60. The van der Waals surface area contributed by atoms with Gasteiger partial charge >= 0.3 is 0 Å². The molecule has 2 fully saturated rings. The maximum atomic E-state index is 14.7. The maximum absolute atomic E-state index is 14.7. The Morgan fingerprint density at radius 3 is 2.13 bits per heavy atom. The predicted octanol–water partition coefficient (Wildman–Crippen LogP) is 8.40. The first-order valence-electron chi connectivity index (χ1n) is 12.1. The van der Waals surface area contributed by atoms with Gasteiger partial charge in [-0.25, -0.2) is 4.39 Å². The molecule has 2 aromatic carbocycles. The van der Waals surface area contributed by atoms with Crippen LogP contribution in [0.25, 0.3) is 10.8 Å². The van der Waals surface area contributed by atoms with Crippen LogP contribution in [-0.4, -0.2) is 6.61 Å². The van der Waals surface area contributed by atoms with Crippen molar-refractivity contribution in [1.82, 2.24) is 0 Å². The normalized spacial score (nSPS) is 27.3. The molecular weight excluding hydrogens is 378 g/mol. The van der Waals surface area contributed by atoms with Gasteiger partial charge in [-0.3, -0.25) is 0 Å². The molecule has 0 saturated heterocycles. The standard InChI is InChI=1S/C27H36F2O/c1-3-5-18-6-8-19(9-7-18)20-10-12-21(13-11-20)22-14-15-23-17-25(30-4-2)27(29)26(28)24(23)16-22/h14-21H,3-13H2,1-2H3. The van der Waals surface area contributed by atoms with Crippen molar-refractivity contribution in [3.05, 3.63) is 41.5 Å². The minimum atomic E-state index is -0.871. The van der Waals surface area contributed by atoms with Gasteiger partial charge in [0, 0.05) is 5.39 Å². The monoisotopic (exact) mass is 414 g/mol. The molecule has 0 unspecified atom stereocenters. The quantitative estimate of drug-likeness (QED) is 0.461. The van der Waals surface area contributed by atoms with E-state index in [1.54, 1.807) is 13.0 Å². The molecule has 0 aromatic heterocycles. The summed E-state index contributed by atoms with van der Waals surface area (Å²) in [6.07, 6.45) is 13.3. The molecule has 30 heavy (non-hydrogen) atoms. The van der Waals surface area contributed by atoms with Crippen molar-refractivity contribution in [2.75, 3.05) is 6.61 Å². The minimum Gasteiger partial charge on any atom is -0.491 e. The molecule has 0 atom stereocenters. The van der Waals surface area contributed by atoms with Crippen LogP contribution in [0.2, 0.25) is 0 Å². The topological polar surface area (TPSA) is 9.23 Å². The summed E-state index contributed by atoms with van der Waals surface area (Å²) in [4.78, 5) is 0. The highest BCUT2D eigenvalue weighted by Crippen LogP contribution is 2.45. The summed E-state index contributed by atoms with van der Waals surface area (Å²) in [6.45, 7) is 4.40. The van der Waals surface area contributed by atoms with Gasteiger partial charge in [0.05, 0.1) is 6.61 Å². The van der Waals surface area contributed by atoms with Gasteiger partial charge in [0.2, 0.25) is 5.82 Å². The summed E-state index contributed by atoms with van der Waals surface area (Å²) in [5.41, 5.74) is 1.16. The molecule has 0 bridgehead atoms. The Balaban J connectivity index is 1.41. The van der Waals surface area contributed by atoms with Crippen LogP contribution in [0.15, 0.2) is 24.3 Å². The number of halogens is 2. The number of hydrogen-bond donors (Lipinski definition) is 0. The molecule has 2 aliphatic rings. The molecule has 2 aromatic rings. The molecular formula is C27H36F2O. The zero-order valence-electron chi connectivity index (χ0n) is 18.6. The summed E-state index contributed by atoms with van der Waals surface area (Å²) in [7, 11) is 0. The lowest BCUT2D eigenvalue weighted by Gasteiger charge is -2.38. The molecule has 4 rings (SSSR count). The fourth-order valence-electron chi connectivity index (χ4n) is 6.12. The molecule has 0 heterocycles. The minimum absolute atomic E-state index is 0.00409. The molecule has 0 amide bonds. The van der Waals surface area contributed by atoms with E-state index in [2.05, 4.69) is 13.0 Å². The Morgan fingerprint density at radius 1 is 0.833 bits per heavy atom. The van der Waals surface area contributed by atoms with Crippen molar-refractivity contribution in [2.45, 2.75) is 84.0 Å². The van der Waals surface area contributed by atoms with Crippen molar-refractivity contribution >= 4 is 10.8 Å². The first-order valence-corrected chi connectivity index (χ1v) is 12.1. The number of hydrogen-bond acceptors (Lipinski definition) is 1. The van der Waals surface area contributed by atoms with Crippen LogP contribution < -0.4 is 4.74 Å². The van der Waals surface area contributed by atoms with Crippen LogP contribution in [0.5, 0.6) is 5.75 Å². The molecule has 2 saturated carbocycles. The van der Waals surface area contributed by atoms with Gasteiger partial charge in [0.25, 0.3) is 0 Å². The Kier molecular flexibility index (Phi) is 6.95. The smallest absolute Gasteiger partial charge is 0.201 e. The Morgan fingerprint density at radius 2 is 1.50 bits per heavy atom. The van der Waals surface area contributed by atoms with Crippen LogP contribution >= 0.6 is 0 Å². The number of rotatable bonds is 6. The van der Waals surface area contributed by atoms with E-state index in [0.717, 1.165) is 23.3 Å². The van der Waals surface area contributed by atoms with Crippen LogP contribution in [0, 0.1) is 29.4 Å². The van der Waals surface area contributed by atoms with Crippen LogP contribution in [-0.2, 0) is 0 Å². The summed E-state index contributed by atoms with van der Waals surface area (Å²) in [5, 5.41) is 1.09. The number of fused-ring (bicyclic) bond motifs is 1. The molecule has 0 N–H and O–H groups in total. The Bertz CT molecular complexity index is 846. The van der Waals surface area contributed by atoms with Gasteiger partial charge in [-0.15, -0.1) is 0 Å². The summed E-state index contributed by atoms with van der Waals surface area (Å²) >= 11 is 0. The summed E-state index contributed by atoms with van der Waals surface area (Å²) < 4.78 is 34.2. The highest BCUT2D eigenvalue weighted by molar-refractivity contribution is 5.85. The van der Waals surface area contributed by atoms with E-state index in [1.165, 1.54) is 64.2 Å². The van der Waals surface area contributed by atoms with E-state index in [0.29, 0.717) is 23.3 Å². The first-order chi connectivity index (χ1) is 14.6. The fourth-order valence-corrected chi connectivity index (χ4v) is 6.12. The zero-order chi connectivity index (χ0) is 21.1. The van der Waals surface area contributed by atoms with E-state index < -0.39 is 11.6 Å². The van der Waals surface area contributed by atoms with E-state index in [9.17, 15) is 8.78 Å². The van der Waals surface area contributed by atoms with Gasteiger partial charge in [-0.2, -0.15) is 4.39 Å². The lowest BCUT2D eigenvalue weighted by Crippen LogP contribution is -2.25. The molecule has 2 aliphatic carbocycles. The molecule has 0 spiro atoms. The van der Waals surface area contributed by atoms with Crippen molar-refractivity contribution in [2.24, 2.45) is 17.8 Å². The molecule has 0 radical (unpaired) electrons. The van der Waals surface area contributed by atoms with Gasteiger partial charge in [-0.05, 0) is 92.2 Å². The van der Waals surface area contributed by atoms with Crippen molar-refractivity contribution < 1.29 is 13.5 Å². The van der Waals surface area contributed by atoms with E-state index in [1.807, 2.05) is 12.1 Å². The Labute approximate surface area is 180 Å². The third-order valence-electron chi connectivity index (χ3n) is 7.81. The van der Waals surface area contributed by atoms with Crippen molar-refractivity contribution in [3.8, 4) is 5.75 Å². The highest BCUT2D eigenvalue weighted by Gasteiger charge is 2.31. The van der Waals surface area contributed by atoms with Gasteiger partial charge in [0.1, 0.15) is 0 Å². The number of ether oxygens (including phenoxy) is 1. The average Bonchev–Trinajstić information content (AvgIpc) is 2.78. The first kappa shape index (κ1) is 21.6. The lowest BCUT2D eigenvalue weighted by molar-refractivity contribution is 0.156. The largest absolute Gasteiger partial charge is 0.491 e. The lowest BCUT2D eigenvalue weighted by atomic mass is 9.68.